The molecule has 0 bridgehead atoms. The molecule has 3 N–H and O–H groups in total. The van der Waals surface area contributed by atoms with E-state index in [1.807, 2.05) is 32.0 Å². The SMILES string of the molecule is CCC(C)[C@H](NC(=O)C1CCC2=Nc3ccccc3C2C1)C(=O)NNC(=O)c1ccco1. The largest absolute Gasteiger partial charge is 0.459 e. The van der Waals surface area contributed by atoms with E-state index in [2.05, 4.69) is 22.2 Å². The fourth-order valence-electron chi connectivity index (χ4n) is 4.39. The molecular formula is C24H28N4O4. The summed E-state index contributed by atoms with van der Waals surface area (Å²) in [5.74, 6) is -1.20. The van der Waals surface area contributed by atoms with Crippen molar-refractivity contribution in [3.8, 4) is 0 Å². The summed E-state index contributed by atoms with van der Waals surface area (Å²) in [4.78, 5) is 42.7. The van der Waals surface area contributed by atoms with Crippen LogP contribution in [-0.4, -0.2) is 29.5 Å². The van der Waals surface area contributed by atoms with Crippen molar-refractivity contribution in [2.24, 2.45) is 16.8 Å². The number of rotatable bonds is 6. The number of carbonyl (C=O) groups excluding carboxylic acids is 3. The number of hydrazine groups is 1. The van der Waals surface area contributed by atoms with Crippen molar-refractivity contribution >= 4 is 29.1 Å². The smallest absolute Gasteiger partial charge is 0.305 e. The summed E-state index contributed by atoms with van der Waals surface area (Å²) in [6.45, 7) is 3.86. The molecule has 3 amide bonds. The summed E-state index contributed by atoms with van der Waals surface area (Å²) in [7, 11) is 0. The molecule has 1 saturated carbocycles. The van der Waals surface area contributed by atoms with E-state index < -0.39 is 17.9 Å². The average molecular weight is 437 g/mol. The van der Waals surface area contributed by atoms with Gasteiger partial charge in [-0.15, -0.1) is 0 Å². The lowest BCUT2D eigenvalue weighted by Crippen LogP contribution is -2.55. The molecule has 3 unspecified atom stereocenters. The zero-order chi connectivity index (χ0) is 22.7. The van der Waals surface area contributed by atoms with Gasteiger partial charge in [0.1, 0.15) is 6.04 Å². The van der Waals surface area contributed by atoms with Crippen LogP contribution in [0.5, 0.6) is 0 Å². The summed E-state index contributed by atoms with van der Waals surface area (Å²) in [6.07, 6.45) is 4.24. The maximum absolute atomic E-state index is 13.1. The molecule has 4 atom stereocenters. The summed E-state index contributed by atoms with van der Waals surface area (Å²) in [5.41, 5.74) is 8.07. The van der Waals surface area contributed by atoms with E-state index in [0.29, 0.717) is 19.3 Å². The molecule has 2 aromatic rings. The topological polar surface area (TPSA) is 113 Å². The van der Waals surface area contributed by atoms with Crippen LogP contribution >= 0.6 is 0 Å². The first-order valence-electron chi connectivity index (χ1n) is 11.1. The highest BCUT2D eigenvalue weighted by molar-refractivity contribution is 6.00. The average Bonchev–Trinajstić information content (AvgIpc) is 3.48. The van der Waals surface area contributed by atoms with Gasteiger partial charge in [0.05, 0.1) is 12.0 Å². The molecular weight excluding hydrogens is 408 g/mol. The second kappa shape index (κ2) is 9.38. The van der Waals surface area contributed by atoms with E-state index in [1.54, 1.807) is 6.07 Å². The predicted octanol–water partition coefficient (Wildman–Crippen LogP) is 3.24. The van der Waals surface area contributed by atoms with Crippen molar-refractivity contribution in [3.05, 3.63) is 54.0 Å². The molecule has 4 rings (SSSR count). The van der Waals surface area contributed by atoms with Gasteiger partial charge in [-0.3, -0.25) is 30.2 Å². The summed E-state index contributed by atoms with van der Waals surface area (Å²) in [6, 6.07) is 10.4. The van der Waals surface area contributed by atoms with Crippen molar-refractivity contribution in [3.63, 3.8) is 0 Å². The number of para-hydroxylation sites is 1. The first kappa shape index (κ1) is 21.8. The fraction of sp³-hybridized carbons (Fsp3) is 0.417. The molecule has 2 heterocycles. The molecule has 1 aromatic carbocycles. The van der Waals surface area contributed by atoms with Crippen LogP contribution < -0.4 is 16.2 Å². The van der Waals surface area contributed by atoms with Crippen LogP contribution in [0.15, 0.2) is 52.1 Å². The van der Waals surface area contributed by atoms with E-state index in [9.17, 15) is 14.4 Å². The third-order valence-corrected chi connectivity index (χ3v) is 6.46. The number of furan rings is 1. The third-order valence-electron chi connectivity index (χ3n) is 6.46. The number of amides is 3. The van der Waals surface area contributed by atoms with E-state index in [1.165, 1.54) is 17.9 Å². The molecule has 1 aliphatic heterocycles. The maximum Gasteiger partial charge on any atom is 0.305 e. The number of hydrogen-bond donors (Lipinski definition) is 3. The number of benzene rings is 1. The van der Waals surface area contributed by atoms with Crippen LogP contribution in [0.25, 0.3) is 0 Å². The number of hydrogen-bond acceptors (Lipinski definition) is 5. The Morgan fingerprint density at radius 2 is 1.97 bits per heavy atom. The van der Waals surface area contributed by atoms with Gasteiger partial charge < -0.3 is 9.73 Å². The Morgan fingerprint density at radius 1 is 1.16 bits per heavy atom. The minimum Gasteiger partial charge on any atom is -0.459 e. The van der Waals surface area contributed by atoms with Gasteiger partial charge in [0.2, 0.25) is 5.91 Å². The highest BCUT2D eigenvalue weighted by Crippen LogP contribution is 2.44. The minimum atomic E-state index is -0.754. The van der Waals surface area contributed by atoms with Gasteiger partial charge in [0, 0.05) is 17.5 Å². The maximum atomic E-state index is 13.1. The van der Waals surface area contributed by atoms with E-state index >= 15 is 0 Å². The van der Waals surface area contributed by atoms with Gasteiger partial charge in [-0.05, 0) is 48.9 Å². The Labute approximate surface area is 186 Å². The van der Waals surface area contributed by atoms with Crippen LogP contribution in [0, 0.1) is 11.8 Å². The van der Waals surface area contributed by atoms with Crippen molar-refractivity contribution in [1.82, 2.24) is 16.2 Å². The van der Waals surface area contributed by atoms with Crippen molar-refractivity contribution in [2.45, 2.75) is 51.5 Å². The van der Waals surface area contributed by atoms with E-state index in [0.717, 1.165) is 17.8 Å². The van der Waals surface area contributed by atoms with Gasteiger partial charge in [-0.2, -0.15) is 0 Å². The van der Waals surface area contributed by atoms with Crippen molar-refractivity contribution in [2.75, 3.05) is 0 Å². The lowest BCUT2D eigenvalue weighted by atomic mass is 9.77. The monoisotopic (exact) mass is 436 g/mol. The van der Waals surface area contributed by atoms with Gasteiger partial charge in [-0.1, -0.05) is 38.5 Å². The molecule has 1 aromatic heterocycles. The number of fused-ring (bicyclic) bond motifs is 3. The highest BCUT2D eigenvalue weighted by Gasteiger charge is 2.37. The molecule has 0 spiro atoms. The molecule has 8 nitrogen and oxygen atoms in total. The number of carbonyl (C=O) groups is 3. The van der Waals surface area contributed by atoms with Crippen molar-refractivity contribution < 1.29 is 18.8 Å². The normalized spacial score (nSPS) is 20.9. The number of nitrogens with one attached hydrogen (secondary N) is 3. The van der Waals surface area contributed by atoms with Crippen LogP contribution in [0.3, 0.4) is 0 Å². The van der Waals surface area contributed by atoms with Gasteiger partial charge in [0.25, 0.3) is 5.91 Å². The third kappa shape index (κ3) is 4.44. The highest BCUT2D eigenvalue weighted by atomic mass is 16.3. The zero-order valence-electron chi connectivity index (χ0n) is 18.3. The molecule has 2 aliphatic rings. The van der Waals surface area contributed by atoms with Crippen LogP contribution in [0.4, 0.5) is 5.69 Å². The molecule has 32 heavy (non-hydrogen) atoms. The summed E-state index contributed by atoms with van der Waals surface area (Å²) < 4.78 is 5.02. The van der Waals surface area contributed by atoms with E-state index in [-0.39, 0.29) is 29.4 Å². The molecule has 0 radical (unpaired) electrons. The number of nitrogens with zero attached hydrogens (tertiary/aromatic N) is 1. The fourth-order valence-corrected chi connectivity index (χ4v) is 4.39. The molecule has 8 heteroatoms. The Balaban J connectivity index is 1.38. The standard InChI is InChI=1S/C24H28N4O4/c1-3-14(2)21(24(31)28-27-23(30)20-9-6-12-32-20)26-22(29)15-10-11-19-17(13-15)16-7-4-5-8-18(16)25-19/h4-9,12,14-15,17,21H,3,10-11,13H2,1-2H3,(H,26,29)(H,27,30)(H,28,31)/t14?,15?,17?,21-/m0/s1. The molecule has 1 fully saturated rings. The predicted molar refractivity (Wildman–Crippen MR) is 119 cm³/mol. The number of aliphatic imine (C=N–C) groups is 1. The van der Waals surface area contributed by atoms with Gasteiger partial charge in [-0.25, -0.2) is 0 Å². The first-order valence-corrected chi connectivity index (χ1v) is 11.1. The zero-order valence-corrected chi connectivity index (χ0v) is 18.3. The quantitative estimate of drug-likeness (QED) is 0.603. The van der Waals surface area contributed by atoms with E-state index in [4.69, 9.17) is 9.41 Å². The van der Waals surface area contributed by atoms with Crippen LogP contribution in [-0.2, 0) is 9.59 Å². The Hall–Kier alpha value is -3.42. The van der Waals surface area contributed by atoms with Crippen LogP contribution in [0.1, 0.15) is 61.6 Å². The molecule has 0 saturated heterocycles. The lowest BCUT2D eigenvalue weighted by Gasteiger charge is -2.30. The summed E-state index contributed by atoms with van der Waals surface area (Å²) >= 11 is 0. The van der Waals surface area contributed by atoms with Crippen LogP contribution in [0.2, 0.25) is 0 Å². The molecule has 1 aliphatic carbocycles. The second-order valence-corrected chi connectivity index (χ2v) is 8.48. The van der Waals surface area contributed by atoms with Gasteiger partial charge in [0.15, 0.2) is 5.76 Å². The Morgan fingerprint density at radius 3 is 2.72 bits per heavy atom. The minimum absolute atomic E-state index is 0.0888. The second-order valence-electron chi connectivity index (χ2n) is 8.48. The Kier molecular flexibility index (Phi) is 6.39. The Bertz CT molecular complexity index is 1030. The van der Waals surface area contributed by atoms with Gasteiger partial charge >= 0.3 is 5.91 Å². The lowest BCUT2D eigenvalue weighted by molar-refractivity contribution is -0.133. The first-order chi connectivity index (χ1) is 15.5. The summed E-state index contributed by atoms with van der Waals surface area (Å²) in [5, 5.41) is 2.93. The van der Waals surface area contributed by atoms with Crippen molar-refractivity contribution in [1.29, 1.82) is 0 Å². The molecule has 168 valence electrons.